The van der Waals surface area contributed by atoms with E-state index in [0.717, 1.165) is 44.8 Å². The zero-order valence-electron chi connectivity index (χ0n) is 10.5. The minimum atomic E-state index is 0.780. The van der Waals surface area contributed by atoms with Crippen molar-refractivity contribution in [3.8, 4) is 5.75 Å². The molecule has 0 aliphatic rings. The molecule has 3 heteroatoms. The van der Waals surface area contributed by atoms with Crippen LogP contribution >= 0.6 is 0 Å². The Hall–Kier alpha value is -1.32. The van der Waals surface area contributed by atoms with Gasteiger partial charge in [0.25, 0.3) is 0 Å². The van der Waals surface area contributed by atoms with Crippen LogP contribution in [0, 0.1) is 0 Å². The summed E-state index contributed by atoms with van der Waals surface area (Å²) >= 11 is 0. The molecule has 0 heterocycles. The van der Waals surface area contributed by atoms with Crippen LogP contribution in [0.25, 0.3) is 0 Å². The van der Waals surface area contributed by atoms with Crippen LogP contribution in [0.15, 0.2) is 36.9 Å². The maximum absolute atomic E-state index is 5.79. The van der Waals surface area contributed by atoms with Crippen LogP contribution in [-0.2, 0) is 6.42 Å². The number of benzene rings is 1. The molecule has 0 fully saturated rings. The van der Waals surface area contributed by atoms with Crippen molar-refractivity contribution in [3.05, 3.63) is 42.5 Å². The third-order valence-corrected chi connectivity index (χ3v) is 2.56. The van der Waals surface area contributed by atoms with Gasteiger partial charge in [0.15, 0.2) is 0 Å². The van der Waals surface area contributed by atoms with Gasteiger partial charge in [-0.2, -0.15) is 0 Å². The number of allylic oxidation sites excluding steroid dienone is 1. The van der Waals surface area contributed by atoms with E-state index in [1.54, 1.807) is 0 Å². The molecule has 0 atom stereocenters. The van der Waals surface area contributed by atoms with E-state index in [1.165, 1.54) is 5.56 Å². The topological polar surface area (TPSA) is 53.5 Å². The normalized spacial score (nSPS) is 10.2. The monoisotopic (exact) mass is 236 g/mol. The van der Waals surface area contributed by atoms with E-state index in [2.05, 4.69) is 23.7 Å². The van der Waals surface area contributed by atoms with E-state index in [0.29, 0.717) is 0 Å². The Morgan fingerprint density at radius 1 is 1.29 bits per heavy atom. The molecule has 0 radical (unpaired) electrons. The smallest absolute Gasteiger partial charge is 0.125 e. The Kier molecular flexibility index (Phi) is 7.11. The molecule has 1 aromatic carbocycles. The van der Waals surface area contributed by atoms with Crippen LogP contribution < -0.4 is 15.8 Å². The number of ether oxygens (including phenoxy) is 1. The van der Waals surface area contributed by atoms with E-state index in [-0.39, 0.29) is 0 Å². The first-order valence-electron chi connectivity index (χ1n) is 6.31. The van der Waals surface area contributed by atoms with Gasteiger partial charge >= 0.3 is 0 Å². The van der Waals surface area contributed by atoms with Gasteiger partial charge in [-0.15, -0.1) is 6.58 Å². The van der Waals surface area contributed by atoms with E-state index in [4.69, 9.17) is 4.74 Å². The van der Waals surface area contributed by atoms with Gasteiger partial charge in [0.2, 0.25) is 0 Å². The van der Waals surface area contributed by atoms with Crippen LogP contribution in [0.4, 0.5) is 0 Å². The predicted molar refractivity (Wildman–Crippen MR) is 69.9 cm³/mol. The largest absolute Gasteiger partial charge is 0.493 e. The average molecular weight is 236 g/mol. The number of quaternary nitrogens is 2. The van der Waals surface area contributed by atoms with Crippen molar-refractivity contribution in [2.75, 3.05) is 26.2 Å². The first kappa shape index (κ1) is 13.7. The van der Waals surface area contributed by atoms with Crippen LogP contribution in [0.5, 0.6) is 5.75 Å². The van der Waals surface area contributed by atoms with Gasteiger partial charge in [-0.05, 0) is 18.1 Å². The number of hydrogen-bond donors (Lipinski definition) is 2. The third-order valence-electron chi connectivity index (χ3n) is 2.56. The molecular formula is C14H24N2O+2. The fourth-order valence-electron chi connectivity index (χ4n) is 1.67. The highest BCUT2D eigenvalue weighted by atomic mass is 16.5. The fraction of sp³-hybridized carbons (Fsp3) is 0.429. The molecule has 0 bridgehead atoms. The van der Waals surface area contributed by atoms with Gasteiger partial charge in [-0.3, -0.25) is 0 Å². The minimum absolute atomic E-state index is 0.780. The molecule has 0 aromatic heterocycles. The van der Waals surface area contributed by atoms with Crippen molar-refractivity contribution < 1.29 is 15.8 Å². The maximum atomic E-state index is 5.79. The molecule has 0 saturated heterocycles. The molecule has 0 saturated carbocycles. The predicted octanol–water partition coefficient (Wildman–Crippen LogP) is -0.0107. The molecule has 0 aliphatic heterocycles. The van der Waals surface area contributed by atoms with Crippen molar-refractivity contribution in [3.63, 3.8) is 0 Å². The van der Waals surface area contributed by atoms with Crippen molar-refractivity contribution in [2.45, 2.75) is 12.8 Å². The van der Waals surface area contributed by atoms with E-state index in [9.17, 15) is 0 Å². The standard InChI is InChI=1S/C14H22N2O/c1-2-6-13-7-3-4-8-14(13)17-12-5-10-16-11-9-15/h2-4,7-8,16H,1,5-6,9-12,15H2/p+2. The lowest BCUT2D eigenvalue weighted by Crippen LogP contribution is -2.88. The lowest BCUT2D eigenvalue weighted by molar-refractivity contribution is -0.670. The maximum Gasteiger partial charge on any atom is 0.125 e. The molecule has 17 heavy (non-hydrogen) atoms. The molecule has 0 spiro atoms. The molecule has 1 rings (SSSR count). The summed E-state index contributed by atoms with van der Waals surface area (Å²) in [6, 6.07) is 8.16. The highest BCUT2D eigenvalue weighted by molar-refractivity contribution is 5.34. The van der Waals surface area contributed by atoms with Crippen molar-refractivity contribution in [1.29, 1.82) is 0 Å². The second kappa shape index (κ2) is 8.79. The highest BCUT2D eigenvalue weighted by Gasteiger charge is 2.00. The Labute approximate surface area is 104 Å². The van der Waals surface area contributed by atoms with Crippen LogP contribution in [0.3, 0.4) is 0 Å². The summed E-state index contributed by atoms with van der Waals surface area (Å²) in [5.74, 6) is 0.990. The average Bonchev–Trinajstić information content (AvgIpc) is 2.36. The summed E-state index contributed by atoms with van der Waals surface area (Å²) in [6.45, 7) is 7.74. The molecule has 94 valence electrons. The number of rotatable bonds is 9. The second-order valence-electron chi connectivity index (χ2n) is 4.02. The number of hydrogen-bond acceptors (Lipinski definition) is 1. The number of nitrogens with two attached hydrogens (primary N) is 1. The van der Waals surface area contributed by atoms with Gasteiger partial charge in [0, 0.05) is 6.42 Å². The molecular weight excluding hydrogens is 212 g/mol. The Morgan fingerprint density at radius 3 is 2.88 bits per heavy atom. The lowest BCUT2D eigenvalue weighted by atomic mass is 10.1. The lowest BCUT2D eigenvalue weighted by Gasteiger charge is -2.09. The Balaban J connectivity index is 2.28. The van der Waals surface area contributed by atoms with Crippen LogP contribution in [-0.4, -0.2) is 26.2 Å². The molecule has 3 nitrogen and oxygen atoms in total. The van der Waals surface area contributed by atoms with Crippen molar-refractivity contribution in [2.24, 2.45) is 0 Å². The zero-order chi connectivity index (χ0) is 12.3. The molecule has 5 N–H and O–H groups in total. The second-order valence-corrected chi connectivity index (χ2v) is 4.02. The van der Waals surface area contributed by atoms with Crippen LogP contribution in [0.2, 0.25) is 0 Å². The Bertz CT molecular complexity index is 326. The van der Waals surface area contributed by atoms with Gasteiger partial charge in [-0.25, -0.2) is 0 Å². The summed E-state index contributed by atoms with van der Waals surface area (Å²) in [6.07, 6.45) is 3.84. The summed E-state index contributed by atoms with van der Waals surface area (Å²) < 4.78 is 5.79. The molecule has 0 aliphatic carbocycles. The third kappa shape index (κ3) is 5.52. The molecule has 1 aromatic rings. The quantitative estimate of drug-likeness (QED) is 0.460. The first-order valence-corrected chi connectivity index (χ1v) is 6.31. The van der Waals surface area contributed by atoms with E-state index < -0.39 is 0 Å². The summed E-state index contributed by atoms with van der Waals surface area (Å²) in [5.41, 5.74) is 5.02. The van der Waals surface area contributed by atoms with Gasteiger partial charge < -0.3 is 15.8 Å². The number of para-hydroxylation sites is 1. The molecule has 0 amide bonds. The van der Waals surface area contributed by atoms with Crippen LogP contribution in [0.1, 0.15) is 12.0 Å². The summed E-state index contributed by atoms with van der Waals surface area (Å²) in [7, 11) is 0. The van der Waals surface area contributed by atoms with Gasteiger partial charge in [-0.1, -0.05) is 24.3 Å². The Morgan fingerprint density at radius 2 is 2.12 bits per heavy atom. The SMILES string of the molecule is C=CCc1ccccc1OCCC[NH2+]CC[NH3+]. The van der Waals surface area contributed by atoms with Crippen molar-refractivity contribution >= 4 is 0 Å². The minimum Gasteiger partial charge on any atom is -0.493 e. The first-order chi connectivity index (χ1) is 8.38. The van der Waals surface area contributed by atoms with E-state index in [1.807, 2.05) is 24.3 Å². The summed E-state index contributed by atoms with van der Waals surface area (Å²) in [5, 5.41) is 2.28. The van der Waals surface area contributed by atoms with Gasteiger partial charge in [0.05, 0.1) is 13.2 Å². The zero-order valence-corrected chi connectivity index (χ0v) is 10.5. The molecule has 0 unspecified atom stereocenters. The van der Waals surface area contributed by atoms with Gasteiger partial charge in [0.1, 0.15) is 18.8 Å². The van der Waals surface area contributed by atoms with E-state index >= 15 is 0 Å². The highest BCUT2D eigenvalue weighted by Crippen LogP contribution is 2.18. The van der Waals surface area contributed by atoms with Crippen molar-refractivity contribution in [1.82, 2.24) is 0 Å². The fourth-order valence-corrected chi connectivity index (χ4v) is 1.67. The summed E-state index contributed by atoms with van der Waals surface area (Å²) in [4.78, 5) is 0.